The smallest absolute Gasteiger partial charge is 0.268 e. The molecule has 1 aromatic rings. The predicted molar refractivity (Wildman–Crippen MR) is 71.1 cm³/mol. The van der Waals surface area contributed by atoms with Crippen molar-refractivity contribution < 1.29 is 4.79 Å². The zero-order chi connectivity index (χ0) is 12.8. The van der Waals surface area contributed by atoms with Gasteiger partial charge in [-0.25, -0.2) is 4.98 Å². The third-order valence-electron chi connectivity index (χ3n) is 2.05. The molecule has 0 bridgehead atoms. The summed E-state index contributed by atoms with van der Waals surface area (Å²) < 4.78 is 0. The highest BCUT2D eigenvalue weighted by atomic mass is 32.1. The Morgan fingerprint density at radius 1 is 1.71 bits per heavy atom. The predicted octanol–water partition coefficient (Wildman–Crippen LogP) is 1.25. The summed E-state index contributed by atoms with van der Waals surface area (Å²) in [5, 5.41) is 3.77. The quantitative estimate of drug-likeness (QED) is 0.774. The van der Waals surface area contributed by atoms with E-state index in [1.54, 1.807) is 7.05 Å². The van der Waals surface area contributed by atoms with E-state index in [9.17, 15) is 4.79 Å². The molecule has 0 spiro atoms. The largest absolute Gasteiger partial charge is 0.382 e. The lowest BCUT2D eigenvalue weighted by Crippen LogP contribution is -2.26. The first-order chi connectivity index (χ1) is 8.10. The minimum Gasteiger partial charge on any atom is -0.382 e. The van der Waals surface area contributed by atoms with Crippen LogP contribution < -0.4 is 11.1 Å². The van der Waals surface area contributed by atoms with Crippen molar-refractivity contribution in [2.75, 3.05) is 31.2 Å². The fraction of sp³-hybridized carbons (Fsp3) is 0.455. The van der Waals surface area contributed by atoms with Crippen LogP contribution in [0.3, 0.4) is 0 Å². The number of amides is 1. The Hall–Kier alpha value is -1.74. The third-order valence-corrected chi connectivity index (χ3v) is 3.07. The van der Waals surface area contributed by atoms with Gasteiger partial charge in [-0.05, 0) is 6.42 Å². The van der Waals surface area contributed by atoms with E-state index >= 15 is 0 Å². The van der Waals surface area contributed by atoms with Gasteiger partial charge in [0.1, 0.15) is 10.7 Å². The van der Waals surface area contributed by atoms with E-state index in [0.717, 1.165) is 13.0 Å². The molecule has 0 aliphatic heterocycles. The van der Waals surface area contributed by atoms with Gasteiger partial charge in [0.25, 0.3) is 5.91 Å². The van der Waals surface area contributed by atoms with Crippen LogP contribution in [0.25, 0.3) is 0 Å². The molecule has 3 N–H and O–H groups in total. The van der Waals surface area contributed by atoms with Gasteiger partial charge in [0.2, 0.25) is 0 Å². The van der Waals surface area contributed by atoms with Crippen molar-refractivity contribution in [3.63, 3.8) is 0 Å². The normalized spacial score (nSPS) is 9.71. The van der Waals surface area contributed by atoms with E-state index in [4.69, 9.17) is 12.2 Å². The lowest BCUT2D eigenvalue weighted by atomic mass is 10.4. The lowest BCUT2D eigenvalue weighted by Gasteiger charge is -2.11. The van der Waals surface area contributed by atoms with Gasteiger partial charge >= 0.3 is 0 Å². The number of terminal acetylenes is 1. The topological polar surface area (TPSA) is 71.2 Å². The highest BCUT2D eigenvalue weighted by Gasteiger charge is 2.18. The van der Waals surface area contributed by atoms with Crippen LogP contribution in [0.4, 0.5) is 10.9 Å². The number of nitrogens with one attached hydrogen (secondary N) is 1. The van der Waals surface area contributed by atoms with Crippen molar-refractivity contribution in [1.82, 2.24) is 9.88 Å². The van der Waals surface area contributed by atoms with Crippen LogP contribution in [-0.2, 0) is 0 Å². The number of hydrogen-bond donors (Lipinski definition) is 2. The molecule has 0 radical (unpaired) electrons. The number of rotatable bonds is 5. The number of thiazole rings is 1. The summed E-state index contributed by atoms with van der Waals surface area (Å²) >= 11 is 1.25. The molecule has 5 nitrogen and oxygen atoms in total. The molecule has 0 fully saturated rings. The highest BCUT2D eigenvalue weighted by molar-refractivity contribution is 7.18. The fourth-order valence-electron chi connectivity index (χ4n) is 1.17. The van der Waals surface area contributed by atoms with Crippen LogP contribution in [0.15, 0.2) is 0 Å². The van der Waals surface area contributed by atoms with Gasteiger partial charge in [0.05, 0.1) is 6.54 Å². The second-order valence-corrected chi connectivity index (χ2v) is 4.52. The molecule has 0 aromatic carbocycles. The van der Waals surface area contributed by atoms with E-state index in [2.05, 4.69) is 23.1 Å². The maximum absolute atomic E-state index is 11.9. The molecule has 0 saturated carbocycles. The van der Waals surface area contributed by atoms with Crippen LogP contribution >= 0.6 is 11.3 Å². The van der Waals surface area contributed by atoms with E-state index in [-0.39, 0.29) is 18.3 Å². The Morgan fingerprint density at radius 2 is 2.41 bits per heavy atom. The third kappa shape index (κ3) is 3.36. The Labute approximate surface area is 105 Å². The van der Waals surface area contributed by atoms with Crippen LogP contribution in [0.1, 0.15) is 23.0 Å². The van der Waals surface area contributed by atoms with Crippen molar-refractivity contribution in [3.8, 4) is 12.3 Å². The molecule has 1 aromatic heterocycles. The second-order valence-electron chi connectivity index (χ2n) is 3.53. The van der Waals surface area contributed by atoms with Gasteiger partial charge in [-0.3, -0.25) is 4.79 Å². The maximum atomic E-state index is 11.9. The first kappa shape index (κ1) is 13.3. The maximum Gasteiger partial charge on any atom is 0.268 e. The summed E-state index contributed by atoms with van der Waals surface area (Å²) in [7, 11) is 1.64. The molecule has 0 saturated heterocycles. The van der Waals surface area contributed by atoms with Crippen LogP contribution in [0.5, 0.6) is 0 Å². The van der Waals surface area contributed by atoms with Gasteiger partial charge in [-0.15, -0.1) is 6.42 Å². The van der Waals surface area contributed by atoms with Crippen molar-refractivity contribution >= 4 is 28.2 Å². The molecule has 1 heterocycles. The molecule has 92 valence electrons. The SMILES string of the molecule is C#CCN(C)C(=O)c1sc(NCCC)nc1N. The van der Waals surface area contributed by atoms with Gasteiger partial charge in [-0.2, -0.15) is 0 Å². The summed E-state index contributed by atoms with van der Waals surface area (Å²) in [5.74, 6) is 2.47. The first-order valence-electron chi connectivity index (χ1n) is 5.29. The molecular weight excluding hydrogens is 236 g/mol. The number of nitrogens with zero attached hydrogens (tertiary/aromatic N) is 2. The Kier molecular flexibility index (Phi) is 4.79. The summed E-state index contributed by atoms with van der Waals surface area (Å²) in [6.45, 7) is 3.12. The summed E-state index contributed by atoms with van der Waals surface area (Å²) in [6, 6.07) is 0. The molecule has 17 heavy (non-hydrogen) atoms. The van der Waals surface area contributed by atoms with E-state index < -0.39 is 0 Å². The number of hydrogen-bond acceptors (Lipinski definition) is 5. The Balaban J connectivity index is 2.80. The number of anilines is 2. The zero-order valence-electron chi connectivity index (χ0n) is 9.99. The van der Waals surface area contributed by atoms with Crippen molar-refractivity contribution in [2.45, 2.75) is 13.3 Å². The molecule has 0 aliphatic carbocycles. The standard InChI is InChI=1S/C11H16N4OS/c1-4-6-13-11-14-9(12)8(17-11)10(16)15(3)7-5-2/h2H,4,6-7,12H2,1,3H3,(H,13,14). The first-order valence-corrected chi connectivity index (χ1v) is 6.10. The summed E-state index contributed by atoms with van der Waals surface area (Å²) in [4.78, 5) is 17.9. The highest BCUT2D eigenvalue weighted by Crippen LogP contribution is 2.25. The zero-order valence-corrected chi connectivity index (χ0v) is 10.8. The number of nitrogen functional groups attached to an aromatic ring is 1. The number of nitrogens with two attached hydrogens (primary N) is 1. The van der Waals surface area contributed by atoms with Crippen molar-refractivity contribution in [1.29, 1.82) is 0 Å². The average molecular weight is 252 g/mol. The van der Waals surface area contributed by atoms with E-state index in [0.29, 0.717) is 10.0 Å². The van der Waals surface area contributed by atoms with Crippen LogP contribution in [0.2, 0.25) is 0 Å². The monoisotopic (exact) mass is 252 g/mol. The minimum atomic E-state index is -0.192. The molecular formula is C11H16N4OS. The van der Waals surface area contributed by atoms with Gasteiger partial charge < -0.3 is 16.0 Å². The molecule has 6 heteroatoms. The Bertz CT molecular complexity index is 435. The van der Waals surface area contributed by atoms with Crippen LogP contribution in [-0.4, -0.2) is 35.9 Å². The van der Waals surface area contributed by atoms with Gasteiger partial charge in [-0.1, -0.05) is 24.2 Å². The molecule has 0 atom stereocenters. The number of aromatic nitrogens is 1. The van der Waals surface area contributed by atoms with Crippen LogP contribution in [0, 0.1) is 12.3 Å². The molecule has 1 amide bonds. The van der Waals surface area contributed by atoms with Gasteiger partial charge in [0.15, 0.2) is 5.13 Å². The fourth-order valence-corrected chi connectivity index (χ4v) is 2.08. The lowest BCUT2D eigenvalue weighted by molar-refractivity contribution is 0.0818. The average Bonchev–Trinajstić information content (AvgIpc) is 2.67. The number of carbonyl (C=O) groups excluding carboxylic acids is 1. The van der Waals surface area contributed by atoms with Crippen molar-refractivity contribution in [3.05, 3.63) is 4.88 Å². The van der Waals surface area contributed by atoms with E-state index in [1.807, 2.05) is 0 Å². The molecule has 0 unspecified atom stereocenters. The summed E-state index contributed by atoms with van der Waals surface area (Å²) in [6.07, 6.45) is 6.14. The number of carbonyl (C=O) groups is 1. The van der Waals surface area contributed by atoms with Gasteiger partial charge in [0, 0.05) is 13.6 Å². The second kappa shape index (κ2) is 6.11. The Morgan fingerprint density at radius 3 is 3.00 bits per heavy atom. The summed E-state index contributed by atoms with van der Waals surface area (Å²) in [5.41, 5.74) is 5.71. The molecule has 0 aliphatic rings. The van der Waals surface area contributed by atoms with Crippen molar-refractivity contribution in [2.24, 2.45) is 0 Å². The van der Waals surface area contributed by atoms with E-state index in [1.165, 1.54) is 16.2 Å². The molecule has 1 rings (SSSR count). The minimum absolute atomic E-state index is 0.192.